The minimum Gasteiger partial charge on any atom is -0.312 e. The fourth-order valence-electron chi connectivity index (χ4n) is 2.33. The monoisotopic (exact) mass is 197 g/mol. The highest BCUT2D eigenvalue weighted by atomic mass is 15.3. The van der Waals surface area contributed by atoms with Gasteiger partial charge >= 0.3 is 0 Å². The topological polar surface area (TPSA) is 50.4 Å². The summed E-state index contributed by atoms with van der Waals surface area (Å²) < 4.78 is 0. The standard InChI is InChI=1S/C11H23N3/c1-6-7-13-9(14-12)8-10(2,3)11(8,4)5/h8H,6-7,12H2,1-5H3,(H,13,14). The summed E-state index contributed by atoms with van der Waals surface area (Å²) in [5, 5.41) is 0. The highest BCUT2D eigenvalue weighted by Gasteiger charge is 2.66. The van der Waals surface area contributed by atoms with E-state index in [4.69, 9.17) is 5.84 Å². The molecule has 1 aliphatic rings. The third-order valence-electron chi connectivity index (χ3n) is 3.95. The van der Waals surface area contributed by atoms with Gasteiger partial charge in [-0.15, -0.1) is 0 Å². The Kier molecular flexibility index (Phi) is 2.91. The number of rotatable bonds is 3. The van der Waals surface area contributed by atoms with E-state index >= 15 is 0 Å². The second-order valence-electron chi connectivity index (χ2n) is 5.29. The van der Waals surface area contributed by atoms with Crippen molar-refractivity contribution in [2.75, 3.05) is 6.54 Å². The summed E-state index contributed by atoms with van der Waals surface area (Å²) in [6.07, 6.45) is 1.07. The quantitative estimate of drug-likeness (QED) is 0.314. The Hall–Kier alpha value is -0.570. The van der Waals surface area contributed by atoms with E-state index in [2.05, 4.69) is 45.0 Å². The van der Waals surface area contributed by atoms with Crippen molar-refractivity contribution in [3.05, 3.63) is 0 Å². The number of nitrogens with one attached hydrogen (secondary N) is 1. The van der Waals surface area contributed by atoms with Crippen molar-refractivity contribution in [3.63, 3.8) is 0 Å². The smallest absolute Gasteiger partial charge is 0.114 e. The normalized spacial score (nSPS) is 24.9. The van der Waals surface area contributed by atoms with Crippen LogP contribution in [0.5, 0.6) is 0 Å². The first-order chi connectivity index (χ1) is 6.39. The van der Waals surface area contributed by atoms with Crippen LogP contribution in [0, 0.1) is 16.7 Å². The summed E-state index contributed by atoms with van der Waals surface area (Å²) in [6.45, 7) is 12.1. The van der Waals surface area contributed by atoms with Crippen molar-refractivity contribution in [2.45, 2.75) is 41.0 Å². The second kappa shape index (κ2) is 3.54. The summed E-state index contributed by atoms with van der Waals surface area (Å²) in [5.41, 5.74) is 3.38. The molecule has 0 aromatic carbocycles. The summed E-state index contributed by atoms with van der Waals surface area (Å²) in [6, 6.07) is 0. The molecular weight excluding hydrogens is 174 g/mol. The van der Waals surface area contributed by atoms with Gasteiger partial charge in [0.15, 0.2) is 0 Å². The average molecular weight is 197 g/mol. The van der Waals surface area contributed by atoms with Crippen molar-refractivity contribution >= 4 is 5.84 Å². The van der Waals surface area contributed by atoms with Gasteiger partial charge < -0.3 is 5.43 Å². The van der Waals surface area contributed by atoms with Crippen molar-refractivity contribution in [1.29, 1.82) is 0 Å². The molecule has 82 valence electrons. The predicted octanol–water partition coefficient (Wildman–Crippen LogP) is 1.94. The summed E-state index contributed by atoms with van der Waals surface area (Å²) >= 11 is 0. The maximum atomic E-state index is 5.52. The largest absolute Gasteiger partial charge is 0.312 e. The van der Waals surface area contributed by atoms with Crippen LogP contribution in [0.15, 0.2) is 4.99 Å². The molecule has 1 aliphatic carbocycles. The maximum Gasteiger partial charge on any atom is 0.114 e. The number of amidine groups is 1. The molecule has 0 spiro atoms. The van der Waals surface area contributed by atoms with E-state index in [1.54, 1.807) is 0 Å². The number of hydrogen-bond donors (Lipinski definition) is 2. The van der Waals surface area contributed by atoms with E-state index in [0.717, 1.165) is 18.8 Å². The minimum absolute atomic E-state index is 0.311. The second-order valence-corrected chi connectivity index (χ2v) is 5.29. The average Bonchev–Trinajstić information content (AvgIpc) is 2.48. The van der Waals surface area contributed by atoms with Crippen LogP contribution >= 0.6 is 0 Å². The van der Waals surface area contributed by atoms with Crippen LogP contribution in [0.2, 0.25) is 0 Å². The van der Waals surface area contributed by atoms with Crippen LogP contribution < -0.4 is 11.3 Å². The van der Waals surface area contributed by atoms with Gasteiger partial charge in [-0.2, -0.15) is 0 Å². The zero-order chi connectivity index (χ0) is 11.0. The lowest BCUT2D eigenvalue weighted by Gasteiger charge is -2.06. The lowest BCUT2D eigenvalue weighted by atomic mass is 10.0. The van der Waals surface area contributed by atoms with Crippen molar-refractivity contribution in [2.24, 2.45) is 27.6 Å². The molecule has 14 heavy (non-hydrogen) atoms. The van der Waals surface area contributed by atoms with E-state index < -0.39 is 0 Å². The van der Waals surface area contributed by atoms with Crippen LogP contribution in [0.3, 0.4) is 0 Å². The summed E-state index contributed by atoms with van der Waals surface area (Å²) in [5.74, 6) is 6.97. The molecule has 3 N–H and O–H groups in total. The van der Waals surface area contributed by atoms with Gasteiger partial charge in [-0.3, -0.25) is 4.99 Å². The molecule has 0 amide bonds. The summed E-state index contributed by atoms with van der Waals surface area (Å²) in [4.78, 5) is 4.49. The van der Waals surface area contributed by atoms with Gasteiger partial charge in [0.05, 0.1) is 0 Å². The minimum atomic E-state index is 0.311. The van der Waals surface area contributed by atoms with Gasteiger partial charge in [0.25, 0.3) is 0 Å². The fraction of sp³-hybridized carbons (Fsp3) is 0.909. The fourth-order valence-corrected chi connectivity index (χ4v) is 2.33. The third-order valence-corrected chi connectivity index (χ3v) is 3.95. The molecule has 1 fully saturated rings. The molecule has 0 saturated heterocycles. The lowest BCUT2D eigenvalue weighted by Crippen LogP contribution is -2.34. The van der Waals surface area contributed by atoms with Crippen LogP contribution in [-0.4, -0.2) is 12.4 Å². The van der Waals surface area contributed by atoms with Gasteiger partial charge in [-0.05, 0) is 17.3 Å². The van der Waals surface area contributed by atoms with Gasteiger partial charge in [0.2, 0.25) is 0 Å². The number of hydrazine groups is 1. The molecule has 0 aromatic heterocycles. The Labute approximate surface area is 87.1 Å². The molecule has 0 unspecified atom stereocenters. The van der Waals surface area contributed by atoms with Crippen molar-refractivity contribution < 1.29 is 0 Å². The highest BCUT2D eigenvalue weighted by Crippen LogP contribution is 2.68. The third kappa shape index (κ3) is 1.54. The summed E-state index contributed by atoms with van der Waals surface area (Å²) in [7, 11) is 0. The highest BCUT2D eigenvalue weighted by molar-refractivity contribution is 5.88. The molecule has 0 atom stereocenters. The van der Waals surface area contributed by atoms with E-state index in [9.17, 15) is 0 Å². The van der Waals surface area contributed by atoms with Crippen molar-refractivity contribution in [3.8, 4) is 0 Å². The van der Waals surface area contributed by atoms with Gasteiger partial charge in [0.1, 0.15) is 5.84 Å². The van der Waals surface area contributed by atoms with Gasteiger partial charge in [-0.25, -0.2) is 5.84 Å². The number of nitrogens with zero attached hydrogens (tertiary/aromatic N) is 1. The maximum absolute atomic E-state index is 5.52. The SMILES string of the molecule is CCCN=C(NN)C1C(C)(C)C1(C)C. The Morgan fingerprint density at radius 2 is 1.79 bits per heavy atom. The van der Waals surface area contributed by atoms with E-state index in [0.29, 0.717) is 16.7 Å². The zero-order valence-corrected chi connectivity index (χ0v) is 10.0. The molecule has 3 nitrogen and oxygen atoms in total. The van der Waals surface area contributed by atoms with Crippen LogP contribution in [0.1, 0.15) is 41.0 Å². The van der Waals surface area contributed by atoms with E-state index in [-0.39, 0.29) is 0 Å². The van der Waals surface area contributed by atoms with Crippen molar-refractivity contribution in [1.82, 2.24) is 5.43 Å². The zero-order valence-electron chi connectivity index (χ0n) is 10.0. The first-order valence-corrected chi connectivity index (χ1v) is 5.40. The Morgan fingerprint density at radius 3 is 2.07 bits per heavy atom. The number of aliphatic imine (C=N–C) groups is 1. The molecule has 3 heteroatoms. The molecule has 0 aliphatic heterocycles. The Bertz CT molecular complexity index is 227. The molecule has 1 saturated carbocycles. The molecule has 0 radical (unpaired) electrons. The van der Waals surface area contributed by atoms with Crippen LogP contribution in [0.25, 0.3) is 0 Å². The number of nitrogens with two attached hydrogens (primary N) is 1. The predicted molar refractivity (Wildman–Crippen MR) is 61.0 cm³/mol. The van der Waals surface area contributed by atoms with Gasteiger partial charge in [0, 0.05) is 12.5 Å². The first-order valence-electron chi connectivity index (χ1n) is 5.40. The molecule has 0 bridgehead atoms. The molecular formula is C11H23N3. The van der Waals surface area contributed by atoms with E-state index in [1.807, 2.05) is 0 Å². The Morgan fingerprint density at radius 1 is 1.29 bits per heavy atom. The first kappa shape index (κ1) is 11.5. The Balaban J connectivity index is 2.75. The lowest BCUT2D eigenvalue weighted by molar-refractivity contribution is 0.457. The van der Waals surface area contributed by atoms with Crippen LogP contribution in [0.4, 0.5) is 0 Å². The molecule has 1 rings (SSSR count). The van der Waals surface area contributed by atoms with Gasteiger partial charge in [-0.1, -0.05) is 34.6 Å². The van der Waals surface area contributed by atoms with Crippen LogP contribution in [-0.2, 0) is 0 Å². The number of hydrogen-bond acceptors (Lipinski definition) is 2. The van der Waals surface area contributed by atoms with E-state index in [1.165, 1.54) is 0 Å². The molecule has 0 aromatic rings. The molecule has 0 heterocycles.